The number of aromatic nitrogens is 4. The molecule has 0 spiro atoms. The van der Waals surface area contributed by atoms with Crippen molar-refractivity contribution in [2.75, 3.05) is 19.5 Å². The third-order valence-corrected chi connectivity index (χ3v) is 5.57. The molecule has 0 unspecified atom stereocenters. The summed E-state index contributed by atoms with van der Waals surface area (Å²) in [5.41, 5.74) is 10.2. The molecule has 9 heteroatoms. The van der Waals surface area contributed by atoms with Crippen molar-refractivity contribution in [1.82, 2.24) is 24.3 Å². The van der Waals surface area contributed by atoms with Gasteiger partial charge in [-0.25, -0.2) is 9.97 Å². The Hall–Kier alpha value is -3.00. The number of fused-ring (bicyclic) bond motifs is 1. The van der Waals surface area contributed by atoms with Crippen molar-refractivity contribution in [3.63, 3.8) is 0 Å². The van der Waals surface area contributed by atoms with Gasteiger partial charge in [-0.2, -0.15) is 0 Å². The smallest absolute Gasteiger partial charge is 0.273 e. The van der Waals surface area contributed by atoms with Gasteiger partial charge >= 0.3 is 0 Å². The first-order valence-corrected chi connectivity index (χ1v) is 11.3. The van der Waals surface area contributed by atoms with Crippen molar-refractivity contribution in [3.8, 4) is 0 Å². The highest BCUT2D eigenvalue weighted by molar-refractivity contribution is 6.32. The molecule has 7 nitrogen and oxygen atoms in total. The van der Waals surface area contributed by atoms with Gasteiger partial charge in [0.05, 0.1) is 5.69 Å². The molecule has 0 radical (unpaired) electrons. The average Bonchev–Trinajstić information content (AvgIpc) is 3.23. The molecule has 3 aromatic rings. The van der Waals surface area contributed by atoms with E-state index in [-0.39, 0.29) is 18.1 Å². The van der Waals surface area contributed by atoms with Gasteiger partial charge < -0.3 is 10.6 Å². The number of halogens is 2. The van der Waals surface area contributed by atoms with Crippen LogP contribution in [0.25, 0.3) is 11.4 Å². The molecule has 0 fully saturated rings. The number of hydrogen-bond acceptors (Lipinski definition) is 5. The summed E-state index contributed by atoms with van der Waals surface area (Å²) in [6, 6.07) is 5.73. The molecular formula is C24H26Cl2N6O. The van der Waals surface area contributed by atoms with Crippen LogP contribution in [0.2, 0.25) is 0 Å². The number of alkyl halides is 1. The van der Waals surface area contributed by atoms with Gasteiger partial charge in [-0.3, -0.25) is 14.2 Å². The molecule has 33 heavy (non-hydrogen) atoms. The first-order valence-electron chi connectivity index (χ1n) is 10.4. The lowest BCUT2D eigenvalue weighted by molar-refractivity contribution is 0.0791. The molecule has 3 rings (SSSR count). The predicted molar refractivity (Wildman–Crippen MR) is 133 cm³/mol. The molecule has 0 aliphatic carbocycles. The van der Waals surface area contributed by atoms with Gasteiger partial charge in [0.15, 0.2) is 0 Å². The highest BCUT2D eigenvalue weighted by Gasteiger charge is 2.20. The summed E-state index contributed by atoms with van der Waals surface area (Å²) < 4.78 is 1.75. The summed E-state index contributed by atoms with van der Waals surface area (Å²) in [5, 5.41) is 0.499. The molecule has 0 atom stereocenters. The Morgan fingerprint density at radius 3 is 2.76 bits per heavy atom. The summed E-state index contributed by atoms with van der Waals surface area (Å²) in [4.78, 5) is 28.0. The molecule has 3 heterocycles. The van der Waals surface area contributed by atoms with E-state index in [2.05, 4.69) is 21.5 Å². The second-order valence-corrected chi connectivity index (χ2v) is 8.17. The number of hydrogen-bond donors (Lipinski definition) is 1. The standard InChI is InChI=1S/C24H26Cl2N6O/c1-16(7-8-18(26)9-11-25)22-20(14-27)17(2)29-24-30-21(15-32(22)24)23(33)31(3)13-10-19-6-4-5-12-28-19/h4-9,12,15H,1,10-11,13-14,27H2,2-3H3/b8-7-,18-9+. The summed E-state index contributed by atoms with van der Waals surface area (Å²) in [5.74, 6) is 0.505. The van der Waals surface area contributed by atoms with Crippen LogP contribution in [-0.2, 0) is 13.0 Å². The number of nitrogens with zero attached hydrogens (tertiary/aromatic N) is 5. The Labute approximate surface area is 203 Å². The van der Waals surface area contributed by atoms with E-state index in [1.54, 1.807) is 47.0 Å². The minimum absolute atomic E-state index is 0.205. The zero-order chi connectivity index (χ0) is 24.0. The quantitative estimate of drug-likeness (QED) is 0.364. The number of pyridine rings is 1. The Kier molecular flexibility index (Phi) is 8.38. The van der Waals surface area contributed by atoms with Crippen LogP contribution in [-0.4, -0.2) is 49.6 Å². The van der Waals surface area contributed by atoms with Gasteiger partial charge in [0.2, 0.25) is 5.78 Å². The zero-order valence-corrected chi connectivity index (χ0v) is 20.1. The first kappa shape index (κ1) is 24.6. The fraction of sp³-hybridized carbons (Fsp3) is 0.250. The molecule has 0 saturated carbocycles. The van der Waals surface area contributed by atoms with E-state index >= 15 is 0 Å². The second kappa shape index (κ2) is 11.2. The highest BCUT2D eigenvalue weighted by atomic mass is 35.5. The number of allylic oxidation sites excluding steroid dienone is 5. The van der Waals surface area contributed by atoms with E-state index in [0.29, 0.717) is 35.2 Å². The van der Waals surface area contributed by atoms with E-state index in [4.69, 9.17) is 28.9 Å². The lowest BCUT2D eigenvalue weighted by Crippen LogP contribution is -2.29. The van der Waals surface area contributed by atoms with Crippen LogP contribution in [0.5, 0.6) is 0 Å². The summed E-state index contributed by atoms with van der Waals surface area (Å²) in [6.45, 7) is 6.80. The van der Waals surface area contributed by atoms with E-state index in [0.717, 1.165) is 22.6 Å². The van der Waals surface area contributed by atoms with Gasteiger partial charge in [0.25, 0.3) is 5.91 Å². The second-order valence-electron chi connectivity index (χ2n) is 7.42. The maximum absolute atomic E-state index is 13.0. The molecule has 3 aromatic heterocycles. The largest absolute Gasteiger partial charge is 0.340 e. The maximum atomic E-state index is 13.0. The Bertz CT molecular complexity index is 1220. The fourth-order valence-corrected chi connectivity index (χ4v) is 3.76. The normalized spacial score (nSPS) is 12.0. The zero-order valence-electron chi connectivity index (χ0n) is 18.6. The minimum atomic E-state index is -0.205. The summed E-state index contributed by atoms with van der Waals surface area (Å²) >= 11 is 11.8. The third-order valence-electron chi connectivity index (χ3n) is 5.14. The molecule has 2 N–H and O–H groups in total. The monoisotopic (exact) mass is 484 g/mol. The summed E-state index contributed by atoms with van der Waals surface area (Å²) in [6.07, 6.45) is 9.23. The number of carbonyl (C=O) groups excluding carboxylic acids is 1. The molecule has 1 amide bonds. The van der Waals surface area contributed by atoms with Crippen molar-refractivity contribution in [2.45, 2.75) is 19.9 Å². The average molecular weight is 485 g/mol. The van der Waals surface area contributed by atoms with Gasteiger partial charge in [-0.15, -0.1) is 11.6 Å². The number of likely N-dealkylation sites (N-methyl/N-ethyl adjacent to an activating group) is 1. The van der Waals surface area contributed by atoms with Gasteiger partial charge in [0, 0.05) is 66.8 Å². The minimum Gasteiger partial charge on any atom is -0.340 e. The van der Waals surface area contributed by atoms with Crippen LogP contribution in [0, 0.1) is 6.92 Å². The lowest BCUT2D eigenvalue weighted by Gasteiger charge is -2.15. The number of carbonyl (C=O) groups is 1. The maximum Gasteiger partial charge on any atom is 0.273 e. The SMILES string of the molecule is C=C(/C=C\C(Cl)=C/CCl)c1c(CN)c(C)nc2nc(C(=O)N(C)CCc3ccccn3)cn12. The molecule has 0 saturated heterocycles. The molecule has 0 aromatic carbocycles. The van der Waals surface area contributed by atoms with E-state index in [1.807, 2.05) is 25.1 Å². The number of aryl methyl sites for hydroxylation is 1. The fourth-order valence-electron chi connectivity index (χ4n) is 3.37. The number of rotatable bonds is 9. The topological polar surface area (TPSA) is 89.4 Å². The van der Waals surface area contributed by atoms with Crippen molar-refractivity contribution < 1.29 is 4.79 Å². The Morgan fingerprint density at radius 2 is 2.09 bits per heavy atom. The number of nitrogens with two attached hydrogens (primary N) is 1. The van der Waals surface area contributed by atoms with Crippen LogP contribution >= 0.6 is 23.2 Å². The molecule has 0 bridgehead atoms. The Morgan fingerprint density at radius 1 is 1.30 bits per heavy atom. The summed E-state index contributed by atoms with van der Waals surface area (Å²) in [7, 11) is 1.74. The highest BCUT2D eigenvalue weighted by Crippen LogP contribution is 2.24. The van der Waals surface area contributed by atoms with Crippen molar-refractivity contribution in [3.05, 3.63) is 88.8 Å². The van der Waals surface area contributed by atoms with Gasteiger partial charge in [-0.1, -0.05) is 36.4 Å². The van der Waals surface area contributed by atoms with Crippen LogP contribution < -0.4 is 5.73 Å². The molecule has 0 aliphatic rings. The lowest BCUT2D eigenvalue weighted by atomic mass is 10.1. The van der Waals surface area contributed by atoms with Crippen molar-refractivity contribution in [1.29, 1.82) is 0 Å². The molecular weight excluding hydrogens is 459 g/mol. The van der Waals surface area contributed by atoms with E-state index in [9.17, 15) is 4.79 Å². The van der Waals surface area contributed by atoms with Crippen LogP contribution in [0.15, 0.2) is 60.4 Å². The van der Waals surface area contributed by atoms with Crippen molar-refractivity contribution in [2.24, 2.45) is 5.73 Å². The Balaban J connectivity index is 1.93. The van der Waals surface area contributed by atoms with Crippen LogP contribution in [0.4, 0.5) is 0 Å². The predicted octanol–water partition coefficient (Wildman–Crippen LogP) is 4.14. The van der Waals surface area contributed by atoms with Gasteiger partial charge in [0.1, 0.15) is 5.69 Å². The number of imidazole rings is 1. The number of amides is 1. The van der Waals surface area contributed by atoms with Crippen LogP contribution in [0.3, 0.4) is 0 Å². The first-order chi connectivity index (χ1) is 15.8. The van der Waals surface area contributed by atoms with Gasteiger partial charge in [-0.05, 0) is 30.7 Å². The van der Waals surface area contributed by atoms with Crippen molar-refractivity contribution >= 4 is 40.5 Å². The van der Waals surface area contributed by atoms with E-state index < -0.39 is 0 Å². The molecule has 0 aliphatic heterocycles. The third kappa shape index (κ3) is 5.87. The van der Waals surface area contributed by atoms with E-state index in [1.165, 1.54) is 0 Å². The molecule has 172 valence electrons. The van der Waals surface area contributed by atoms with Crippen LogP contribution in [0.1, 0.15) is 33.1 Å².